The van der Waals surface area contributed by atoms with Crippen LogP contribution >= 0.6 is 0 Å². The Morgan fingerprint density at radius 2 is 0.746 bits per heavy atom. The number of ketones is 2. The molecule has 4 N–H and O–H groups in total. The van der Waals surface area contributed by atoms with Gasteiger partial charge in [-0.05, 0) is 122 Å². The fourth-order valence-electron chi connectivity index (χ4n) is 7.93. The molecule has 10 heteroatoms. The Labute approximate surface area is 396 Å². The van der Waals surface area contributed by atoms with Gasteiger partial charge in [-0.1, -0.05) is 99.8 Å². The summed E-state index contributed by atoms with van der Waals surface area (Å²) in [5.74, 6) is -0.607. The van der Waals surface area contributed by atoms with Crippen molar-refractivity contribution in [3.63, 3.8) is 0 Å². The minimum Gasteiger partial charge on any atom is -0.357 e. The number of carbonyl (C=O) groups is 2. The molecule has 5 aromatic rings. The standard InChI is InChI=1S/C52H50N8O2.C5H12/c1-31-28-32(2)54-42-21-10-14-25-46(42)58-36(6)49(35(5)57-45-24-13-9-20-41(45)53-31)51(61)39-18-17-19-40(30-39)52(62)50-37(7)59-47-26-15-11-22-43(47)55-33(3)29-34(4)56-44-23-12-16-27-48(44)60-38(50)8;1-3-5-4-2/h9-30,53,55,58,60H,1-8H3;3-5H2,1-2H3/b31-28-,33-29-,49-36+,50-38+,54-32?,56-34?,57-35?,59-37?;. The van der Waals surface area contributed by atoms with E-state index in [2.05, 4.69) is 35.1 Å². The van der Waals surface area contributed by atoms with Gasteiger partial charge >= 0.3 is 0 Å². The molecule has 0 amide bonds. The van der Waals surface area contributed by atoms with Crippen LogP contribution in [0.4, 0.5) is 45.5 Å². The molecule has 0 aliphatic carbocycles. The maximum absolute atomic E-state index is 15.0. The zero-order valence-electron chi connectivity index (χ0n) is 40.4. The van der Waals surface area contributed by atoms with E-state index in [0.29, 0.717) is 67.8 Å². The van der Waals surface area contributed by atoms with Crippen LogP contribution in [0, 0.1) is 0 Å². The van der Waals surface area contributed by atoms with E-state index in [1.807, 2.05) is 165 Å². The lowest BCUT2D eigenvalue weighted by molar-refractivity contribution is 0.103. The molecule has 0 atom stereocenters. The zero-order chi connectivity index (χ0) is 48.0. The lowest BCUT2D eigenvalue weighted by Crippen LogP contribution is -2.19. The second-order valence-electron chi connectivity index (χ2n) is 16.7. The summed E-state index contributed by atoms with van der Waals surface area (Å²) in [6, 6.07) is 37.7. The Bertz CT molecular complexity index is 2730. The molecule has 7 rings (SSSR count). The van der Waals surface area contributed by atoms with E-state index < -0.39 is 0 Å². The van der Waals surface area contributed by atoms with E-state index >= 15 is 0 Å². The highest BCUT2D eigenvalue weighted by molar-refractivity contribution is 6.31. The van der Waals surface area contributed by atoms with Crippen molar-refractivity contribution in [3.8, 4) is 0 Å². The van der Waals surface area contributed by atoms with Gasteiger partial charge in [-0.2, -0.15) is 0 Å². The van der Waals surface area contributed by atoms with E-state index in [4.69, 9.17) is 20.0 Å². The van der Waals surface area contributed by atoms with Crippen LogP contribution in [0.1, 0.15) is 109 Å². The molecule has 0 fully saturated rings. The van der Waals surface area contributed by atoms with Gasteiger partial charge in [0.15, 0.2) is 11.6 Å². The fraction of sp³-hybridized carbons (Fsp3) is 0.228. The van der Waals surface area contributed by atoms with Crippen LogP contribution < -0.4 is 21.3 Å². The van der Waals surface area contributed by atoms with Crippen LogP contribution in [0.2, 0.25) is 0 Å². The van der Waals surface area contributed by atoms with Crippen molar-refractivity contribution in [3.05, 3.63) is 179 Å². The average Bonchev–Trinajstić information content (AvgIpc) is 3.29. The number of allylic oxidation sites excluding steroid dienone is 8. The van der Waals surface area contributed by atoms with Crippen LogP contribution in [-0.2, 0) is 0 Å². The number of hydrogen-bond donors (Lipinski definition) is 4. The smallest absolute Gasteiger partial charge is 0.196 e. The average molecular weight is 891 g/mol. The quantitative estimate of drug-likeness (QED) is 0.126. The Balaban J connectivity index is 0.00000141. The molecule has 2 heterocycles. The monoisotopic (exact) mass is 890 g/mol. The van der Waals surface area contributed by atoms with Gasteiger partial charge in [0.1, 0.15) is 0 Å². The first-order chi connectivity index (χ1) is 32.3. The second-order valence-corrected chi connectivity index (χ2v) is 16.7. The minimum atomic E-state index is -0.303. The van der Waals surface area contributed by atoms with Gasteiger partial charge in [0.05, 0.1) is 68.1 Å². The fourth-order valence-corrected chi connectivity index (χ4v) is 7.93. The summed E-state index contributed by atoms with van der Waals surface area (Å²) in [4.78, 5) is 49.9. The number of para-hydroxylation sites is 8. The molecule has 10 nitrogen and oxygen atoms in total. The predicted octanol–water partition coefficient (Wildman–Crippen LogP) is 15.4. The molecule has 0 aromatic heterocycles. The van der Waals surface area contributed by atoms with Gasteiger partial charge in [0, 0.05) is 45.3 Å². The van der Waals surface area contributed by atoms with Crippen LogP contribution in [-0.4, -0.2) is 34.4 Å². The molecule has 0 saturated heterocycles. The maximum atomic E-state index is 15.0. The summed E-state index contributed by atoms with van der Waals surface area (Å²) < 4.78 is 0. The minimum absolute atomic E-state index is 0.303. The largest absolute Gasteiger partial charge is 0.357 e. The highest BCUT2D eigenvalue weighted by Crippen LogP contribution is 2.33. The first kappa shape index (κ1) is 48.7. The summed E-state index contributed by atoms with van der Waals surface area (Å²) in [5, 5.41) is 13.9. The van der Waals surface area contributed by atoms with Crippen molar-refractivity contribution in [1.82, 2.24) is 0 Å². The van der Waals surface area contributed by atoms with Crippen LogP contribution in [0.25, 0.3) is 0 Å². The van der Waals surface area contributed by atoms with Crippen LogP contribution in [0.5, 0.6) is 0 Å². The summed E-state index contributed by atoms with van der Waals surface area (Å²) in [6.07, 6.45) is 8.04. The topological polar surface area (TPSA) is 132 Å². The van der Waals surface area contributed by atoms with Crippen molar-refractivity contribution in [2.75, 3.05) is 21.3 Å². The maximum Gasteiger partial charge on any atom is 0.196 e. The first-order valence-electron chi connectivity index (χ1n) is 22.9. The number of carbonyl (C=O) groups excluding carboxylic acids is 2. The summed E-state index contributed by atoms with van der Waals surface area (Å²) in [5.41, 5.74) is 12.6. The summed E-state index contributed by atoms with van der Waals surface area (Å²) >= 11 is 0. The number of anilines is 4. The number of benzene rings is 5. The number of unbranched alkanes of at least 4 members (excludes halogenated alkanes) is 2. The van der Waals surface area contributed by atoms with Crippen LogP contribution in [0.3, 0.4) is 0 Å². The molecule has 0 bridgehead atoms. The number of nitrogens with zero attached hydrogens (tertiary/aromatic N) is 4. The molecule has 0 spiro atoms. The van der Waals surface area contributed by atoms with E-state index in [1.54, 1.807) is 24.3 Å². The molecule has 2 aliphatic rings. The number of rotatable bonds is 6. The van der Waals surface area contributed by atoms with Crippen LogP contribution in [0.15, 0.2) is 187 Å². The summed E-state index contributed by atoms with van der Waals surface area (Å²) in [7, 11) is 0. The Morgan fingerprint density at radius 1 is 0.418 bits per heavy atom. The zero-order valence-corrected chi connectivity index (χ0v) is 40.4. The van der Waals surface area contributed by atoms with Gasteiger partial charge in [0.2, 0.25) is 0 Å². The SMILES string of the molecule is CC1=Nc2ccccc2N/C(C)=C(/C(=O)c2cccc(C(=O)/C3=C(\C)Nc4ccccc4N=C(C)/C=C(/C)Nc4ccccc4N=C3C)c2)C(C)=Nc2ccccc2N/C(C)=C\1.CCCCC. The molecule has 5 aromatic carbocycles. The Hall–Kier alpha value is -7.72. The van der Waals surface area contributed by atoms with Gasteiger partial charge in [-0.3, -0.25) is 29.6 Å². The number of Topliss-reactive ketones (excluding diaryl/α,β-unsaturated/α-hetero) is 2. The molecule has 0 radical (unpaired) electrons. The molecule has 342 valence electrons. The number of nitrogens with one attached hydrogen (secondary N) is 4. The van der Waals surface area contributed by atoms with E-state index in [9.17, 15) is 9.59 Å². The molecule has 0 unspecified atom stereocenters. The second kappa shape index (κ2) is 22.9. The lowest BCUT2D eigenvalue weighted by Gasteiger charge is -2.18. The Morgan fingerprint density at radius 3 is 1.09 bits per heavy atom. The molecular weight excluding hydrogens is 829 g/mol. The molecular formula is C57H62N8O2. The lowest BCUT2D eigenvalue weighted by atomic mass is 9.93. The third-order valence-corrected chi connectivity index (χ3v) is 11.0. The molecule has 67 heavy (non-hydrogen) atoms. The first-order valence-corrected chi connectivity index (χ1v) is 22.9. The highest BCUT2D eigenvalue weighted by atomic mass is 16.1. The highest BCUT2D eigenvalue weighted by Gasteiger charge is 2.24. The van der Waals surface area contributed by atoms with Crippen molar-refractivity contribution in [2.24, 2.45) is 20.0 Å². The number of hydrogen-bond acceptors (Lipinski definition) is 10. The molecule has 2 aliphatic heterocycles. The van der Waals surface area contributed by atoms with Gasteiger partial charge < -0.3 is 21.3 Å². The summed E-state index contributed by atoms with van der Waals surface area (Å²) in [6.45, 7) is 19.6. The normalized spacial score (nSPS) is 18.1. The van der Waals surface area contributed by atoms with Crippen molar-refractivity contribution >= 4 is 79.9 Å². The van der Waals surface area contributed by atoms with Crippen molar-refractivity contribution < 1.29 is 9.59 Å². The van der Waals surface area contributed by atoms with Gasteiger partial charge in [-0.25, -0.2) is 0 Å². The van der Waals surface area contributed by atoms with E-state index in [-0.39, 0.29) is 11.6 Å². The van der Waals surface area contributed by atoms with Crippen molar-refractivity contribution in [1.29, 1.82) is 0 Å². The van der Waals surface area contributed by atoms with Crippen molar-refractivity contribution in [2.45, 2.75) is 88.5 Å². The number of aliphatic imine (C=N–C) groups is 4. The van der Waals surface area contributed by atoms with E-state index in [1.165, 1.54) is 19.3 Å². The Kier molecular flexibility index (Phi) is 16.7. The van der Waals surface area contributed by atoms with Gasteiger partial charge in [0.25, 0.3) is 0 Å². The van der Waals surface area contributed by atoms with E-state index in [0.717, 1.165) is 45.6 Å². The molecule has 0 saturated carbocycles. The number of fused-ring (bicyclic) bond motifs is 4. The third-order valence-electron chi connectivity index (χ3n) is 11.0. The third kappa shape index (κ3) is 12.8. The van der Waals surface area contributed by atoms with Gasteiger partial charge in [-0.15, -0.1) is 0 Å². The predicted molar refractivity (Wildman–Crippen MR) is 285 cm³/mol.